The summed E-state index contributed by atoms with van der Waals surface area (Å²) in [5.74, 6) is 0.741. The van der Waals surface area contributed by atoms with Crippen molar-refractivity contribution in [1.29, 1.82) is 0 Å². The molecule has 0 unspecified atom stereocenters. The van der Waals surface area contributed by atoms with Crippen LogP contribution in [0.15, 0.2) is 24.3 Å². The van der Waals surface area contributed by atoms with Crippen LogP contribution < -0.4 is 0 Å². The van der Waals surface area contributed by atoms with Crippen molar-refractivity contribution in [2.75, 3.05) is 6.54 Å². The molecule has 2 aromatic rings. The van der Waals surface area contributed by atoms with Crippen molar-refractivity contribution < 1.29 is 4.39 Å². The predicted molar refractivity (Wildman–Crippen MR) is 91.7 cm³/mol. The Morgan fingerprint density at radius 3 is 2.58 bits per heavy atom. The van der Waals surface area contributed by atoms with Crippen molar-refractivity contribution in [3.8, 4) is 5.69 Å². The number of rotatable bonds is 6. The molecule has 2 saturated carbocycles. The Bertz CT molecular complexity index is 741. The fraction of sp³-hybridized carbons (Fsp3) is 0.550. The molecule has 0 radical (unpaired) electrons. The Kier molecular flexibility index (Phi) is 3.47. The summed E-state index contributed by atoms with van der Waals surface area (Å²) in [6.45, 7) is 2.25. The second-order valence-electron chi connectivity index (χ2n) is 7.72. The molecule has 3 nitrogen and oxygen atoms in total. The largest absolute Gasteiger partial charge is 0.294 e. The molecule has 1 aromatic carbocycles. The van der Waals surface area contributed by atoms with Gasteiger partial charge in [-0.25, -0.2) is 9.07 Å². The molecule has 2 fully saturated rings. The number of hydrogen-bond donors (Lipinski definition) is 0. The fourth-order valence-corrected chi connectivity index (χ4v) is 4.04. The summed E-state index contributed by atoms with van der Waals surface area (Å²) in [6, 6.07) is 7.53. The van der Waals surface area contributed by atoms with E-state index in [0.29, 0.717) is 0 Å². The monoisotopic (exact) mass is 325 g/mol. The summed E-state index contributed by atoms with van der Waals surface area (Å²) in [4.78, 5) is 2.67. The molecule has 0 amide bonds. The first-order valence-corrected chi connectivity index (χ1v) is 9.37. The summed E-state index contributed by atoms with van der Waals surface area (Å²) < 4.78 is 15.3. The normalized spacial score (nSPS) is 19.9. The van der Waals surface area contributed by atoms with E-state index in [9.17, 15) is 4.39 Å². The molecule has 126 valence electrons. The van der Waals surface area contributed by atoms with Gasteiger partial charge in [-0.1, -0.05) is 0 Å². The summed E-state index contributed by atoms with van der Waals surface area (Å²) in [5, 5.41) is 4.96. The Morgan fingerprint density at radius 2 is 1.88 bits per heavy atom. The summed E-state index contributed by atoms with van der Waals surface area (Å²) in [6.07, 6.45) is 8.98. The third kappa shape index (κ3) is 2.77. The molecule has 3 aliphatic carbocycles. The highest BCUT2D eigenvalue weighted by atomic mass is 19.1. The highest BCUT2D eigenvalue weighted by Crippen LogP contribution is 2.37. The van der Waals surface area contributed by atoms with Crippen LogP contribution in [0.25, 0.3) is 5.69 Å². The van der Waals surface area contributed by atoms with Crippen molar-refractivity contribution in [2.45, 2.75) is 57.5 Å². The topological polar surface area (TPSA) is 21.1 Å². The van der Waals surface area contributed by atoms with Gasteiger partial charge in [-0.3, -0.25) is 4.90 Å². The summed E-state index contributed by atoms with van der Waals surface area (Å²) in [7, 11) is 0. The van der Waals surface area contributed by atoms with Gasteiger partial charge in [0.15, 0.2) is 0 Å². The van der Waals surface area contributed by atoms with Crippen molar-refractivity contribution in [2.24, 2.45) is 5.92 Å². The van der Waals surface area contributed by atoms with Crippen molar-refractivity contribution >= 4 is 0 Å². The van der Waals surface area contributed by atoms with Crippen LogP contribution in [0.3, 0.4) is 0 Å². The maximum absolute atomic E-state index is 13.2. The highest BCUT2D eigenvalue weighted by molar-refractivity contribution is 5.40. The van der Waals surface area contributed by atoms with Gasteiger partial charge in [-0.15, -0.1) is 0 Å². The molecular formula is C20H24FN3. The zero-order valence-electron chi connectivity index (χ0n) is 14.0. The quantitative estimate of drug-likeness (QED) is 0.804. The van der Waals surface area contributed by atoms with Crippen LogP contribution >= 0.6 is 0 Å². The number of halogens is 1. The maximum Gasteiger partial charge on any atom is 0.123 e. The Hall–Kier alpha value is -1.68. The zero-order valence-corrected chi connectivity index (χ0v) is 14.0. The predicted octanol–water partition coefficient (Wildman–Crippen LogP) is 3.87. The smallest absolute Gasteiger partial charge is 0.123 e. The molecule has 3 aliphatic rings. The minimum atomic E-state index is -0.188. The molecule has 1 aromatic heterocycles. The Labute approximate surface area is 142 Å². The molecule has 0 aliphatic heterocycles. The molecule has 24 heavy (non-hydrogen) atoms. The van der Waals surface area contributed by atoms with Crippen LogP contribution in [-0.4, -0.2) is 27.3 Å². The molecule has 1 heterocycles. The van der Waals surface area contributed by atoms with E-state index in [-0.39, 0.29) is 5.82 Å². The van der Waals surface area contributed by atoms with E-state index in [1.54, 1.807) is 0 Å². The van der Waals surface area contributed by atoms with Crippen LogP contribution in [0, 0.1) is 11.7 Å². The van der Waals surface area contributed by atoms with Crippen LogP contribution in [0.1, 0.15) is 49.1 Å². The van der Waals surface area contributed by atoms with Crippen LogP contribution in [-0.2, 0) is 19.4 Å². The van der Waals surface area contributed by atoms with Crippen molar-refractivity contribution in [3.05, 3.63) is 47.0 Å². The molecule has 0 N–H and O–H groups in total. The van der Waals surface area contributed by atoms with E-state index in [2.05, 4.69) is 9.58 Å². The van der Waals surface area contributed by atoms with Crippen molar-refractivity contribution in [1.82, 2.24) is 14.7 Å². The Balaban J connectivity index is 1.45. The lowest BCUT2D eigenvalue weighted by Gasteiger charge is -2.21. The van der Waals surface area contributed by atoms with Crippen molar-refractivity contribution in [3.63, 3.8) is 0 Å². The maximum atomic E-state index is 13.2. The third-order valence-electron chi connectivity index (χ3n) is 5.69. The van der Waals surface area contributed by atoms with E-state index >= 15 is 0 Å². The molecule has 4 heteroatoms. The average molecular weight is 325 g/mol. The highest BCUT2D eigenvalue weighted by Gasteiger charge is 2.35. The number of nitrogens with zero attached hydrogens (tertiary/aromatic N) is 3. The molecule has 5 rings (SSSR count). The van der Waals surface area contributed by atoms with Gasteiger partial charge in [0.05, 0.1) is 11.4 Å². The molecule has 0 bridgehead atoms. The van der Waals surface area contributed by atoms with Gasteiger partial charge in [-0.2, -0.15) is 5.10 Å². The van der Waals surface area contributed by atoms with Crippen LogP contribution in [0.5, 0.6) is 0 Å². The average Bonchev–Trinajstić information content (AvgIpc) is 3.49. The standard InChI is InChI=1S/C20H24FN3/c21-15-6-8-17(9-7-15)24-20-3-1-2-18(20)19(22-24)13-23(16-10-11-16)12-14-4-5-14/h6-9,14,16H,1-5,10-13H2. The number of benzene rings is 1. The third-order valence-corrected chi connectivity index (χ3v) is 5.69. The van der Waals surface area contributed by atoms with Gasteiger partial charge in [0.25, 0.3) is 0 Å². The first-order chi connectivity index (χ1) is 11.8. The van der Waals surface area contributed by atoms with E-state index in [4.69, 9.17) is 5.10 Å². The zero-order chi connectivity index (χ0) is 16.1. The van der Waals surface area contributed by atoms with Gasteiger partial charge in [0.1, 0.15) is 5.82 Å². The molecule has 0 spiro atoms. The first-order valence-electron chi connectivity index (χ1n) is 9.37. The van der Waals surface area contributed by atoms with Gasteiger partial charge in [-0.05, 0) is 80.7 Å². The summed E-state index contributed by atoms with van der Waals surface area (Å²) >= 11 is 0. The van der Waals surface area contributed by atoms with Gasteiger partial charge < -0.3 is 0 Å². The molecular weight excluding hydrogens is 301 g/mol. The number of hydrogen-bond acceptors (Lipinski definition) is 2. The molecule has 0 saturated heterocycles. The Morgan fingerprint density at radius 1 is 1.08 bits per heavy atom. The van der Waals surface area contributed by atoms with Gasteiger partial charge >= 0.3 is 0 Å². The van der Waals surface area contributed by atoms with E-state index in [0.717, 1.165) is 37.0 Å². The van der Waals surface area contributed by atoms with E-state index in [1.807, 2.05) is 12.1 Å². The van der Waals surface area contributed by atoms with E-state index in [1.165, 1.54) is 67.7 Å². The van der Waals surface area contributed by atoms with Gasteiger partial charge in [0.2, 0.25) is 0 Å². The molecule has 0 atom stereocenters. The second-order valence-corrected chi connectivity index (χ2v) is 7.72. The lowest BCUT2D eigenvalue weighted by atomic mass is 10.2. The lowest BCUT2D eigenvalue weighted by Crippen LogP contribution is -2.28. The van der Waals surface area contributed by atoms with E-state index < -0.39 is 0 Å². The SMILES string of the molecule is Fc1ccc(-n2nc(CN(CC3CC3)C3CC3)c3c2CCC3)cc1. The number of fused-ring (bicyclic) bond motifs is 1. The summed E-state index contributed by atoms with van der Waals surface area (Å²) in [5.41, 5.74) is 5.06. The minimum Gasteiger partial charge on any atom is -0.294 e. The van der Waals surface area contributed by atoms with Gasteiger partial charge in [0, 0.05) is 24.8 Å². The minimum absolute atomic E-state index is 0.188. The lowest BCUT2D eigenvalue weighted by molar-refractivity contribution is 0.240. The number of aromatic nitrogens is 2. The second kappa shape index (κ2) is 5.69. The first kappa shape index (κ1) is 14.6. The fourth-order valence-electron chi connectivity index (χ4n) is 4.04. The van der Waals surface area contributed by atoms with Crippen LogP contribution in [0.2, 0.25) is 0 Å². The van der Waals surface area contributed by atoms with Crippen LogP contribution in [0.4, 0.5) is 4.39 Å².